The molecule has 0 aliphatic heterocycles. The Kier molecular flexibility index (Phi) is 5.59. The largest absolute Gasteiger partial charge is 0.372 e. The maximum atomic E-state index is 5.66. The number of anilines is 1. The summed E-state index contributed by atoms with van der Waals surface area (Å²) in [5, 5.41) is 0. The van der Waals surface area contributed by atoms with E-state index in [1.54, 1.807) is 0 Å². The van der Waals surface area contributed by atoms with E-state index in [0.717, 1.165) is 39.6 Å². The molecule has 21 heavy (non-hydrogen) atoms. The van der Waals surface area contributed by atoms with Crippen molar-refractivity contribution in [2.24, 2.45) is 0 Å². The predicted octanol–water partition coefficient (Wildman–Crippen LogP) is 4.67. The third kappa shape index (κ3) is 3.55. The number of hydrogen-bond acceptors (Lipinski definition) is 3. The molecule has 108 valence electrons. The van der Waals surface area contributed by atoms with Crippen LogP contribution >= 0.6 is 24.4 Å². The van der Waals surface area contributed by atoms with E-state index in [2.05, 4.69) is 30.9 Å². The molecule has 3 heteroatoms. The molecule has 2 rings (SSSR count). The molecule has 0 N–H and O–H groups in total. The summed E-state index contributed by atoms with van der Waals surface area (Å²) < 4.78 is 0. The van der Waals surface area contributed by atoms with Crippen LogP contribution < -0.4 is 4.90 Å². The lowest BCUT2D eigenvalue weighted by atomic mass is 10.0. The Morgan fingerprint density at radius 1 is 0.810 bits per heavy atom. The van der Waals surface area contributed by atoms with E-state index in [1.165, 1.54) is 0 Å². The number of para-hydroxylation sites is 1. The Bertz CT molecular complexity index is 631. The van der Waals surface area contributed by atoms with Gasteiger partial charge in [-0.25, -0.2) is 0 Å². The highest BCUT2D eigenvalue weighted by Crippen LogP contribution is 2.23. The van der Waals surface area contributed by atoms with Gasteiger partial charge in [0.25, 0.3) is 0 Å². The van der Waals surface area contributed by atoms with Crippen molar-refractivity contribution < 1.29 is 0 Å². The van der Waals surface area contributed by atoms with Crippen molar-refractivity contribution in [3.8, 4) is 0 Å². The number of rotatable bonds is 6. The van der Waals surface area contributed by atoms with Gasteiger partial charge in [-0.2, -0.15) is 0 Å². The fourth-order valence-corrected chi connectivity index (χ4v) is 2.89. The molecule has 2 aromatic carbocycles. The first-order valence-electron chi connectivity index (χ1n) is 7.17. The summed E-state index contributed by atoms with van der Waals surface area (Å²) in [7, 11) is 0. The molecule has 0 aliphatic carbocycles. The van der Waals surface area contributed by atoms with Gasteiger partial charge in [-0.3, -0.25) is 0 Å². The zero-order valence-electron chi connectivity index (χ0n) is 12.4. The van der Waals surface area contributed by atoms with Gasteiger partial charge in [-0.1, -0.05) is 73.0 Å². The van der Waals surface area contributed by atoms with Crippen LogP contribution in [-0.2, 0) is 0 Å². The van der Waals surface area contributed by atoms with Gasteiger partial charge in [0.2, 0.25) is 0 Å². The van der Waals surface area contributed by atoms with Crippen molar-refractivity contribution in [3.05, 3.63) is 65.7 Å². The van der Waals surface area contributed by atoms with Crippen molar-refractivity contribution in [1.82, 2.24) is 0 Å². The Morgan fingerprint density at radius 2 is 1.38 bits per heavy atom. The zero-order chi connectivity index (χ0) is 15.2. The summed E-state index contributed by atoms with van der Waals surface area (Å²) in [6.45, 7) is 6.21. The Hall–Kier alpha value is -1.58. The van der Waals surface area contributed by atoms with Crippen LogP contribution in [0, 0.1) is 0 Å². The van der Waals surface area contributed by atoms with Gasteiger partial charge in [-0.15, -0.1) is 0 Å². The van der Waals surface area contributed by atoms with E-state index in [0.29, 0.717) is 0 Å². The molecule has 0 bridgehead atoms. The van der Waals surface area contributed by atoms with E-state index < -0.39 is 0 Å². The van der Waals surface area contributed by atoms with Crippen LogP contribution in [0.25, 0.3) is 0 Å². The van der Waals surface area contributed by atoms with E-state index in [1.807, 2.05) is 42.5 Å². The number of benzene rings is 2. The zero-order valence-corrected chi connectivity index (χ0v) is 14.0. The summed E-state index contributed by atoms with van der Waals surface area (Å²) in [5.74, 6) is 0. The van der Waals surface area contributed by atoms with Crippen LogP contribution in [0.3, 0.4) is 0 Å². The third-order valence-electron chi connectivity index (χ3n) is 3.50. The van der Waals surface area contributed by atoms with Gasteiger partial charge in [-0.05, 0) is 25.5 Å². The standard InChI is InChI=1S/C18H19NS2/c1-3-19(4-2)16-13-9-8-12-15(16)18(21)17(20)14-10-6-5-7-11-14/h5-13H,3-4H2,1-2H3. The number of hydrogen-bond donors (Lipinski definition) is 0. The molecule has 2 aromatic rings. The van der Waals surface area contributed by atoms with Crippen molar-refractivity contribution in [2.75, 3.05) is 18.0 Å². The minimum atomic E-state index is 0.741. The molecule has 0 aromatic heterocycles. The van der Waals surface area contributed by atoms with Crippen LogP contribution in [0.2, 0.25) is 0 Å². The molecule has 0 heterocycles. The number of nitrogens with zero attached hydrogens (tertiary/aromatic N) is 1. The van der Waals surface area contributed by atoms with E-state index in [-0.39, 0.29) is 0 Å². The molecule has 0 radical (unpaired) electrons. The van der Waals surface area contributed by atoms with Gasteiger partial charge >= 0.3 is 0 Å². The van der Waals surface area contributed by atoms with Gasteiger partial charge in [0.15, 0.2) is 0 Å². The monoisotopic (exact) mass is 313 g/mol. The molecule has 0 unspecified atom stereocenters. The van der Waals surface area contributed by atoms with Gasteiger partial charge in [0, 0.05) is 24.3 Å². The summed E-state index contributed by atoms with van der Waals surface area (Å²) in [6.07, 6.45) is 0. The molecule has 1 nitrogen and oxygen atoms in total. The second kappa shape index (κ2) is 7.43. The molecule has 0 fully saturated rings. The summed E-state index contributed by atoms with van der Waals surface area (Å²) in [6, 6.07) is 18.2. The van der Waals surface area contributed by atoms with Gasteiger partial charge < -0.3 is 4.90 Å². The Balaban J connectivity index is 2.38. The lowest BCUT2D eigenvalue weighted by molar-refractivity contribution is 0.865. The normalized spacial score (nSPS) is 10.2. The maximum Gasteiger partial charge on any atom is 0.0656 e. The minimum absolute atomic E-state index is 0.741. The Labute approximate surface area is 137 Å². The fraction of sp³-hybridized carbons (Fsp3) is 0.222. The second-order valence-electron chi connectivity index (χ2n) is 4.71. The van der Waals surface area contributed by atoms with E-state index in [9.17, 15) is 0 Å². The Morgan fingerprint density at radius 3 is 2.00 bits per heavy atom. The van der Waals surface area contributed by atoms with Gasteiger partial charge in [0.1, 0.15) is 0 Å². The molecule has 0 aliphatic rings. The summed E-state index contributed by atoms with van der Waals surface area (Å²) in [4.78, 5) is 3.79. The van der Waals surface area contributed by atoms with Crippen LogP contribution in [0.5, 0.6) is 0 Å². The van der Waals surface area contributed by atoms with Crippen molar-refractivity contribution >= 4 is 39.9 Å². The predicted molar refractivity (Wildman–Crippen MR) is 99.8 cm³/mol. The highest BCUT2D eigenvalue weighted by molar-refractivity contribution is 7.90. The molecule has 0 saturated heterocycles. The maximum absolute atomic E-state index is 5.66. The van der Waals surface area contributed by atoms with Crippen LogP contribution in [-0.4, -0.2) is 22.8 Å². The molecule has 0 spiro atoms. The van der Waals surface area contributed by atoms with Crippen molar-refractivity contribution in [1.29, 1.82) is 0 Å². The third-order valence-corrected chi connectivity index (χ3v) is 4.49. The number of thiocarbonyl (C=S) groups is 2. The lowest BCUT2D eigenvalue weighted by Gasteiger charge is -2.24. The lowest BCUT2D eigenvalue weighted by Crippen LogP contribution is -2.25. The first-order chi connectivity index (χ1) is 10.2. The molecular weight excluding hydrogens is 294 g/mol. The molecule has 0 saturated carbocycles. The van der Waals surface area contributed by atoms with Crippen LogP contribution in [0.15, 0.2) is 54.6 Å². The van der Waals surface area contributed by atoms with E-state index >= 15 is 0 Å². The van der Waals surface area contributed by atoms with Gasteiger partial charge in [0.05, 0.1) is 9.73 Å². The SMILES string of the molecule is CCN(CC)c1ccccc1C(=S)C(=S)c1ccccc1. The van der Waals surface area contributed by atoms with Crippen molar-refractivity contribution in [2.45, 2.75) is 13.8 Å². The minimum Gasteiger partial charge on any atom is -0.372 e. The van der Waals surface area contributed by atoms with Crippen LogP contribution in [0.1, 0.15) is 25.0 Å². The van der Waals surface area contributed by atoms with Crippen LogP contribution in [0.4, 0.5) is 5.69 Å². The molecule has 0 amide bonds. The molecule has 0 atom stereocenters. The molecular formula is C18H19NS2. The quantitative estimate of drug-likeness (QED) is 0.563. The average molecular weight is 313 g/mol. The highest BCUT2D eigenvalue weighted by atomic mass is 32.1. The fourth-order valence-electron chi connectivity index (χ4n) is 2.35. The first-order valence-corrected chi connectivity index (χ1v) is 7.98. The topological polar surface area (TPSA) is 3.24 Å². The van der Waals surface area contributed by atoms with Crippen molar-refractivity contribution in [3.63, 3.8) is 0 Å². The van der Waals surface area contributed by atoms with E-state index in [4.69, 9.17) is 24.4 Å². The summed E-state index contributed by atoms with van der Waals surface area (Å²) >= 11 is 11.2. The summed E-state index contributed by atoms with van der Waals surface area (Å²) in [5.41, 5.74) is 3.21. The highest BCUT2D eigenvalue weighted by Gasteiger charge is 2.15. The average Bonchev–Trinajstić information content (AvgIpc) is 2.56. The first kappa shape index (κ1) is 15.8. The smallest absolute Gasteiger partial charge is 0.0656 e. The second-order valence-corrected chi connectivity index (χ2v) is 5.53.